The molecule has 2 aromatic rings. The Kier molecular flexibility index (Phi) is 3.64. The van der Waals surface area contributed by atoms with Crippen molar-refractivity contribution in [1.29, 1.82) is 0 Å². The number of anilines is 1. The first-order valence-electron chi connectivity index (χ1n) is 6.78. The fourth-order valence-electron chi connectivity index (χ4n) is 2.70. The van der Waals surface area contributed by atoms with Crippen LogP contribution in [-0.4, -0.2) is 27.0 Å². The molecule has 3 nitrogen and oxygen atoms in total. The van der Waals surface area contributed by atoms with Crippen LogP contribution in [0.3, 0.4) is 0 Å². The van der Waals surface area contributed by atoms with E-state index in [-0.39, 0.29) is 5.82 Å². The standard InChI is InChI=1S/C14H18FN3S/c1-2-19-11-5-4-10(8-11)16-14-17-12-6-3-9(15)7-13(12)18-14/h3,6-7,10-11H,2,4-5,8H2,1H3,(H2,16,17,18). The fraction of sp³-hybridized carbons (Fsp3) is 0.500. The summed E-state index contributed by atoms with van der Waals surface area (Å²) in [5.41, 5.74) is 1.56. The molecule has 0 spiro atoms. The van der Waals surface area contributed by atoms with Crippen molar-refractivity contribution in [2.75, 3.05) is 11.1 Å². The van der Waals surface area contributed by atoms with Gasteiger partial charge in [-0.05, 0) is 43.2 Å². The first-order valence-corrected chi connectivity index (χ1v) is 7.83. The number of rotatable bonds is 4. The molecule has 1 saturated carbocycles. The lowest BCUT2D eigenvalue weighted by atomic mass is 10.2. The topological polar surface area (TPSA) is 40.7 Å². The minimum Gasteiger partial charge on any atom is -0.353 e. The Balaban J connectivity index is 1.68. The number of fused-ring (bicyclic) bond motifs is 1. The van der Waals surface area contributed by atoms with Gasteiger partial charge in [0.15, 0.2) is 0 Å². The molecule has 5 heteroatoms. The van der Waals surface area contributed by atoms with Crippen LogP contribution in [0.5, 0.6) is 0 Å². The second-order valence-electron chi connectivity index (χ2n) is 4.98. The van der Waals surface area contributed by atoms with Crippen molar-refractivity contribution in [3.63, 3.8) is 0 Å². The van der Waals surface area contributed by atoms with Crippen LogP contribution in [0.1, 0.15) is 26.2 Å². The number of halogens is 1. The summed E-state index contributed by atoms with van der Waals surface area (Å²) in [7, 11) is 0. The molecular formula is C14H18FN3S. The van der Waals surface area contributed by atoms with Gasteiger partial charge in [-0.15, -0.1) is 0 Å². The van der Waals surface area contributed by atoms with Gasteiger partial charge in [-0.25, -0.2) is 9.37 Å². The summed E-state index contributed by atoms with van der Waals surface area (Å²) < 4.78 is 13.1. The third-order valence-electron chi connectivity index (χ3n) is 3.57. The Morgan fingerprint density at radius 2 is 2.37 bits per heavy atom. The van der Waals surface area contributed by atoms with Gasteiger partial charge >= 0.3 is 0 Å². The molecule has 0 aliphatic heterocycles. The number of nitrogens with one attached hydrogen (secondary N) is 2. The Labute approximate surface area is 116 Å². The van der Waals surface area contributed by atoms with E-state index in [4.69, 9.17) is 0 Å². The normalized spacial score (nSPS) is 23.1. The zero-order valence-corrected chi connectivity index (χ0v) is 11.8. The number of hydrogen-bond donors (Lipinski definition) is 2. The second-order valence-corrected chi connectivity index (χ2v) is 6.56. The van der Waals surface area contributed by atoms with E-state index in [1.165, 1.54) is 37.1 Å². The van der Waals surface area contributed by atoms with Crippen molar-refractivity contribution in [3.05, 3.63) is 24.0 Å². The number of thioether (sulfide) groups is 1. The van der Waals surface area contributed by atoms with Gasteiger partial charge in [0.2, 0.25) is 5.95 Å². The van der Waals surface area contributed by atoms with E-state index in [9.17, 15) is 4.39 Å². The molecule has 1 aromatic carbocycles. The molecule has 0 amide bonds. The molecule has 0 saturated heterocycles. The summed E-state index contributed by atoms with van der Waals surface area (Å²) in [5.74, 6) is 1.71. The number of hydrogen-bond acceptors (Lipinski definition) is 3. The van der Waals surface area contributed by atoms with Gasteiger partial charge in [0, 0.05) is 11.3 Å². The quantitative estimate of drug-likeness (QED) is 0.894. The molecular weight excluding hydrogens is 261 g/mol. The summed E-state index contributed by atoms with van der Waals surface area (Å²) >= 11 is 2.04. The molecule has 19 heavy (non-hydrogen) atoms. The summed E-state index contributed by atoms with van der Waals surface area (Å²) in [6, 6.07) is 5.11. The average Bonchev–Trinajstić information content (AvgIpc) is 2.96. The van der Waals surface area contributed by atoms with Crippen molar-refractivity contribution in [2.24, 2.45) is 0 Å². The molecule has 1 aromatic heterocycles. The van der Waals surface area contributed by atoms with Crippen molar-refractivity contribution < 1.29 is 4.39 Å². The van der Waals surface area contributed by atoms with Crippen molar-refractivity contribution in [2.45, 2.75) is 37.5 Å². The Morgan fingerprint density at radius 3 is 3.21 bits per heavy atom. The van der Waals surface area contributed by atoms with Gasteiger partial charge in [0.1, 0.15) is 5.82 Å². The van der Waals surface area contributed by atoms with Crippen LogP contribution >= 0.6 is 11.8 Å². The second kappa shape index (κ2) is 5.41. The lowest BCUT2D eigenvalue weighted by molar-refractivity contribution is 0.629. The van der Waals surface area contributed by atoms with Crippen molar-refractivity contribution >= 4 is 28.7 Å². The van der Waals surface area contributed by atoms with E-state index in [0.29, 0.717) is 6.04 Å². The van der Waals surface area contributed by atoms with E-state index in [0.717, 1.165) is 22.2 Å². The highest BCUT2D eigenvalue weighted by molar-refractivity contribution is 7.99. The number of aromatic nitrogens is 2. The molecule has 102 valence electrons. The van der Waals surface area contributed by atoms with Gasteiger partial charge < -0.3 is 10.3 Å². The fourth-order valence-corrected chi connectivity index (χ4v) is 3.84. The van der Waals surface area contributed by atoms with E-state index in [2.05, 4.69) is 22.2 Å². The van der Waals surface area contributed by atoms with Gasteiger partial charge in [-0.1, -0.05) is 6.92 Å². The summed E-state index contributed by atoms with van der Waals surface area (Å²) in [6.45, 7) is 2.21. The molecule has 1 fully saturated rings. The Morgan fingerprint density at radius 1 is 1.47 bits per heavy atom. The van der Waals surface area contributed by atoms with Crippen LogP contribution in [0, 0.1) is 5.82 Å². The lowest BCUT2D eigenvalue weighted by Gasteiger charge is -2.11. The van der Waals surface area contributed by atoms with Crippen molar-refractivity contribution in [1.82, 2.24) is 9.97 Å². The molecule has 1 aliphatic carbocycles. The molecule has 3 rings (SSSR count). The number of benzene rings is 1. The van der Waals surface area contributed by atoms with Gasteiger partial charge in [0.05, 0.1) is 11.0 Å². The maximum Gasteiger partial charge on any atom is 0.201 e. The molecule has 1 heterocycles. The van der Waals surface area contributed by atoms with Crippen LogP contribution in [0.2, 0.25) is 0 Å². The summed E-state index contributed by atoms with van der Waals surface area (Å²) in [6.07, 6.45) is 3.64. The predicted octanol–water partition coefficient (Wildman–Crippen LogP) is 3.79. The summed E-state index contributed by atoms with van der Waals surface area (Å²) in [5, 5.41) is 4.20. The number of imidazole rings is 1. The number of H-pyrrole nitrogens is 1. The smallest absolute Gasteiger partial charge is 0.201 e. The molecule has 2 unspecified atom stereocenters. The highest BCUT2D eigenvalue weighted by atomic mass is 32.2. The highest BCUT2D eigenvalue weighted by Crippen LogP contribution is 2.31. The van der Waals surface area contributed by atoms with Crippen LogP contribution < -0.4 is 5.32 Å². The monoisotopic (exact) mass is 279 g/mol. The lowest BCUT2D eigenvalue weighted by Crippen LogP contribution is -2.16. The number of nitrogens with zero attached hydrogens (tertiary/aromatic N) is 1. The van der Waals surface area contributed by atoms with Crippen LogP contribution in [0.4, 0.5) is 10.3 Å². The number of aromatic amines is 1. The Hall–Kier alpha value is -1.23. The maximum absolute atomic E-state index is 13.1. The largest absolute Gasteiger partial charge is 0.353 e. The molecule has 0 bridgehead atoms. The maximum atomic E-state index is 13.1. The van der Waals surface area contributed by atoms with Crippen LogP contribution in [0.15, 0.2) is 18.2 Å². The van der Waals surface area contributed by atoms with Gasteiger partial charge in [-0.2, -0.15) is 11.8 Å². The van der Waals surface area contributed by atoms with E-state index in [1.807, 2.05) is 11.8 Å². The SMILES string of the molecule is CCSC1CCC(Nc2nc3ccc(F)cc3[nH]2)C1. The highest BCUT2D eigenvalue weighted by Gasteiger charge is 2.24. The zero-order valence-electron chi connectivity index (χ0n) is 10.9. The molecule has 2 atom stereocenters. The first kappa shape index (κ1) is 12.8. The van der Waals surface area contributed by atoms with Crippen LogP contribution in [0.25, 0.3) is 11.0 Å². The van der Waals surface area contributed by atoms with E-state index in [1.54, 1.807) is 6.07 Å². The van der Waals surface area contributed by atoms with E-state index >= 15 is 0 Å². The third-order valence-corrected chi connectivity index (χ3v) is 4.80. The molecule has 0 radical (unpaired) electrons. The minimum absolute atomic E-state index is 0.233. The van der Waals surface area contributed by atoms with Crippen molar-refractivity contribution in [3.8, 4) is 0 Å². The Bertz CT molecular complexity index is 569. The van der Waals surface area contributed by atoms with E-state index < -0.39 is 0 Å². The third kappa shape index (κ3) is 2.86. The van der Waals surface area contributed by atoms with Gasteiger partial charge in [0.25, 0.3) is 0 Å². The molecule has 2 N–H and O–H groups in total. The van der Waals surface area contributed by atoms with Gasteiger partial charge in [-0.3, -0.25) is 0 Å². The zero-order chi connectivity index (χ0) is 13.2. The minimum atomic E-state index is -0.233. The van der Waals surface area contributed by atoms with Crippen LogP contribution in [-0.2, 0) is 0 Å². The predicted molar refractivity (Wildman–Crippen MR) is 79.2 cm³/mol. The summed E-state index contributed by atoms with van der Waals surface area (Å²) in [4.78, 5) is 7.59. The first-order chi connectivity index (χ1) is 9.24. The molecule has 1 aliphatic rings. The average molecular weight is 279 g/mol.